The van der Waals surface area contributed by atoms with Crippen molar-refractivity contribution in [2.24, 2.45) is 11.3 Å². The molecule has 0 radical (unpaired) electrons. The number of hydrogen-bond donors (Lipinski definition) is 1. The Kier molecular flexibility index (Phi) is 1.44. The fourth-order valence-corrected chi connectivity index (χ4v) is 2.38. The van der Waals surface area contributed by atoms with Gasteiger partial charge in [0.25, 0.3) is 0 Å². The first kappa shape index (κ1) is 7.14. The molecule has 2 aliphatic carbocycles. The molecule has 62 valence electrons. The van der Waals surface area contributed by atoms with Gasteiger partial charge in [0.2, 0.25) is 0 Å². The summed E-state index contributed by atoms with van der Waals surface area (Å²) in [4.78, 5) is 10.2. The first-order valence-corrected chi connectivity index (χ1v) is 4.45. The zero-order valence-electron chi connectivity index (χ0n) is 6.68. The second-order valence-corrected chi connectivity index (χ2v) is 4.05. The fourth-order valence-electron chi connectivity index (χ4n) is 2.38. The lowest BCUT2D eigenvalue weighted by molar-refractivity contribution is -0.137. The fraction of sp³-hybridized carbons (Fsp3) is 0.889. The zero-order chi connectivity index (χ0) is 7.90. The van der Waals surface area contributed by atoms with Gasteiger partial charge >= 0.3 is 5.97 Å². The Hall–Kier alpha value is -0.530. The molecular weight excluding hydrogens is 140 g/mol. The number of carbonyl (C=O) groups is 1. The predicted octanol–water partition coefficient (Wildman–Crippen LogP) is 2.04. The van der Waals surface area contributed by atoms with E-state index in [0.717, 1.165) is 12.3 Å². The van der Waals surface area contributed by atoms with Crippen molar-refractivity contribution in [1.29, 1.82) is 0 Å². The third-order valence-electron chi connectivity index (χ3n) is 3.41. The number of hydrogen-bond acceptors (Lipinski definition) is 1. The van der Waals surface area contributed by atoms with E-state index in [1.165, 1.54) is 25.7 Å². The highest BCUT2D eigenvalue weighted by molar-refractivity contribution is 5.66. The van der Waals surface area contributed by atoms with E-state index in [-0.39, 0.29) is 0 Å². The van der Waals surface area contributed by atoms with Crippen LogP contribution < -0.4 is 0 Å². The lowest BCUT2D eigenvalue weighted by atomic mass is 9.79. The summed E-state index contributed by atoms with van der Waals surface area (Å²) in [5, 5.41) is 8.45. The van der Waals surface area contributed by atoms with Gasteiger partial charge in [-0.1, -0.05) is 6.42 Å². The Balaban J connectivity index is 1.71. The third-order valence-corrected chi connectivity index (χ3v) is 3.41. The molecule has 0 saturated heterocycles. The summed E-state index contributed by atoms with van der Waals surface area (Å²) in [7, 11) is 0. The van der Waals surface area contributed by atoms with Crippen LogP contribution in [0.25, 0.3) is 0 Å². The molecule has 0 aliphatic heterocycles. The Labute approximate surface area is 66.6 Å². The first-order valence-electron chi connectivity index (χ1n) is 4.45. The molecule has 2 fully saturated rings. The molecule has 1 N–H and O–H groups in total. The number of carboxylic acids is 1. The number of aliphatic carboxylic acids is 1. The topological polar surface area (TPSA) is 37.3 Å². The summed E-state index contributed by atoms with van der Waals surface area (Å²) in [6.07, 6.45) is 6.75. The number of carboxylic acid groups (broad SMARTS) is 1. The largest absolute Gasteiger partial charge is 0.481 e. The minimum absolute atomic E-state index is 0.381. The first-order chi connectivity index (χ1) is 5.23. The molecule has 1 unspecified atom stereocenters. The summed E-state index contributed by atoms with van der Waals surface area (Å²) >= 11 is 0. The van der Waals surface area contributed by atoms with Gasteiger partial charge in [-0.3, -0.25) is 4.79 Å². The van der Waals surface area contributed by atoms with Crippen LogP contribution in [0.15, 0.2) is 0 Å². The predicted molar refractivity (Wildman–Crippen MR) is 41.3 cm³/mol. The van der Waals surface area contributed by atoms with Gasteiger partial charge in [-0.05, 0) is 37.0 Å². The standard InChI is InChI=1S/C9H14O2/c10-8(11)3-2-7-6-9(7)4-1-5-9/h7H,1-6H2,(H,10,11). The minimum Gasteiger partial charge on any atom is -0.481 e. The van der Waals surface area contributed by atoms with Crippen LogP contribution in [0.1, 0.15) is 38.5 Å². The SMILES string of the molecule is O=C(O)CCC1CC12CCC2. The monoisotopic (exact) mass is 154 g/mol. The third kappa shape index (κ3) is 1.15. The second kappa shape index (κ2) is 2.23. The quantitative estimate of drug-likeness (QED) is 0.675. The van der Waals surface area contributed by atoms with Gasteiger partial charge in [-0.2, -0.15) is 0 Å². The molecular formula is C9H14O2. The summed E-state index contributed by atoms with van der Waals surface area (Å²) in [5.74, 6) is 0.138. The average Bonchev–Trinajstić information content (AvgIpc) is 2.55. The van der Waals surface area contributed by atoms with Gasteiger partial charge in [0.05, 0.1) is 0 Å². The van der Waals surface area contributed by atoms with Gasteiger partial charge in [0, 0.05) is 6.42 Å². The molecule has 1 atom stereocenters. The molecule has 0 aromatic rings. The highest BCUT2D eigenvalue weighted by atomic mass is 16.4. The lowest BCUT2D eigenvalue weighted by Gasteiger charge is -2.26. The zero-order valence-corrected chi connectivity index (χ0v) is 6.68. The molecule has 0 bridgehead atoms. The smallest absolute Gasteiger partial charge is 0.303 e. The van der Waals surface area contributed by atoms with Crippen LogP contribution >= 0.6 is 0 Å². The van der Waals surface area contributed by atoms with Crippen molar-refractivity contribution >= 4 is 5.97 Å². The van der Waals surface area contributed by atoms with Crippen molar-refractivity contribution in [2.45, 2.75) is 38.5 Å². The molecule has 0 aromatic carbocycles. The Morgan fingerprint density at radius 1 is 1.55 bits per heavy atom. The van der Waals surface area contributed by atoms with E-state index in [0.29, 0.717) is 11.8 Å². The van der Waals surface area contributed by atoms with Crippen molar-refractivity contribution in [3.05, 3.63) is 0 Å². The molecule has 2 rings (SSSR count). The van der Waals surface area contributed by atoms with Crippen molar-refractivity contribution in [3.63, 3.8) is 0 Å². The van der Waals surface area contributed by atoms with E-state index in [4.69, 9.17) is 5.11 Å². The van der Waals surface area contributed by atoms with Crippen LogP contribution in [0.4, 0.5) is 0 Å². The highest BCUT2D eigenvalue weighted by Crippen LogP contribution is 2.66. The Morgan fingerprint density at radius 2 is 2.27 bits per heavy atom. The molecule has 2 saturated carbocycles. The number of rotatable bonds is 3. The van der Waals surface area contributed by atoms with Crippen molar-refractivity contribution in [1.82, 2.24) is 0 Å². The van der Waals surface area contributed by atoms with Gasteiger partial charge in [-0.25, -0.2) is 0 Å². The molecule has 1 spiro atoms. The van der Waals surface area contributed by atoms with Crippen LogP contribution in [-0.2, 0) is 4.79 Å². The van der Waals surface area contributed by atoms with E-state index >= 15 is 0 Å². The van der Waals surface area contributed by atoms with Crippen LogP contribution in [0, 0.1) is 11.3 Å². The van der Waals surface area contributed by atoms with Gasteiger partial charge < -0.3 is 5.11 Å². The minimum atomic E-state index is -0.633. The van der Waals surface area contributed by atoms with Crippen molar-refractivity contribution < 1.29 is 9.90 Å². The van der Waals surface area contributed by atoms with Crippen LogP contribution in [0.5, 0.6) is 0 Å². The Morgan fingerprint density at radius 3 is 2.64 bits per heavy atom. The van der Waals surface area contributed by atoms with E-state index < -0.39 is 5.97 Å². The summed E-state index contributed by atoms with van der Waals surface area (Å²) in [6, 6.07) is 0. The molecule has 0 aromatic heterocycles. The molecule has 0 heterocycles. The van der Waals surface area contributed by atoms with E-state index in [2.05, 4.69) is 0 Å². The van der Waals surface area contributed by atoms with Crippen LogP contribution in [0.2, 0.25) is 0 Å². The maximum atomic E-state index is 10.2. The molecule has 2 heteroatoms. The molecule has 11 heavy (non-hydrogen) atoms. The van der Waals surface area contributed by atoms with E-state index in [1.807, 2.05) is 0 Å². The molecule has 2 nitrogen and oxygen atoms in total. The highest BCUT2D eigenvalue weighted by Gasteiger charge is 2.56. The van der Waals surface area contributed by atoms with E-state index in [9.17, 15) is 4.79 Å². The second-order valence-electron chi connectivity index (χ2n) is 4.05. The van der Waals surface area contributed by atoms with Gasteiger partial charge in [0.15, 0.2) is 0 Å². The van der Waals surface area contributed by atoms with Crippen LogP contribution in [0.3, 0.4) is 0 Å². The average molecular weight is 154 g/mol. The maximum Gasteiger partial charge on any atom is 0.303 e. The molecule has 0 amide bonds. The molecule has 2 aliphatic rings. The summed E-state index contributed by atoms with van der Waals surface area (Å²) in [6.45, 7) is 0. The van der Waals surface area contributed by atoms with Gasteiger partial charge in [0.1, 0.15) is 0 Å². The van der Waals surface area contributed by atoms with Gasteiger partial charge in [-0.15, -0.1) is 0 Å². The van der Waals surface area contributed by atoms with Crippen molar-refractivity contribution in [2.75, 3.05) is 0 Å². The normalized spacial score (nSPS) is 31.5. The maximum absolute atomic E-state index is 10.2. The van der Waals surface area contributed by atoms with E-state index in [1.54, 1.807) is 0 Å². The summed E-state index contributed by atoms with van der Waals surface area (Å²) in [5.41, 5.74) is 0.662. The van der Waals surface area contributed by atoms with Crippen molar-refractivity contribution in [3.8, 4) is 0 Å². The Bertz CT molecular complexity index is 182. The van der Waals surface area contributed by atoms with Crippen LogP contribution in [-0.4, -0.2) is 11.1 Å². The summed E-state index contributed by atoms with van der Waals surface area (Å²) < 4.78 is 0. The lowest BCUT2D eigenvalue weighted by Crippen LogP contribution is -2.14.